The van der Waals surface area contributed by atoms with E-state index < -0.39 is 5.97 Å². The molecule has 0 aliphatic rings. The molecule has 0 aliphatic carbocycles. The Morgan fingerprint density at radius 1 is 1.35 bits per heavy atom. The molecular formula is C15H22N2O3. The Hall–Kier alpha value is -2.04. The summed E-state index contributed by atoms with van der Waals surface area (Å²) < 4.78 is 0. The number of aliphatic carboxylic acids is 1. The van der Waals surface area contributed by atoms with Gasteiger partial charge in [0.1, 0.15) is 0 Å². The van der Waals surface area contributed by atoms with Gasteiger partial charge in [-0.1, -0.05) is 25.1 Å². The minimum absolute atomic E-state index is 0.0313. The zero-order valence-corrected chi connectivity index (χ0v) is 11.8. The van der Waals surface area contributed by atoms with Gasteiger partial charge in [-0.25, -0.2) is 0 Å². The minimum atomic E-state index is -0.795. The number of nitrogens with one attached hydrogen (secondary N) is 1. The molecule has 0 radical (unpaired) electrons. The first-order valence-electron chi connectivity index (χ1n) is 6.83. The quantitative estimate of drug-likeness (QED) is 0.499. The highest BCUT2D eigenvalue weighted by Gasteiger charge is 2.10. The number of hydrogen-bond acceptors (Lipinski definition) is 3. The van der Waals surface area contributed by atoms with Crippen LogP contribution in [0.5, 0.6) is 0 Å². The molecule has 1 amide bonds. The third kappa shape index (κ3) is 5.73. The summed E-state index contributed by atoms with van der Waals surface area (Å²) in [6, 6.07) is 7.50. The van der Waals surface area contributed by atoms with Crippen LogP contribution >= 0.6 is 0 Å². The lowest BCUT2D eigenvalue weighted by atomic mass is 10.1. The zero-order valence-electron chi connectivity index (χ0n) is 11.8. The van der Waals surface area contributed by atoms with Gasteiger partial charge in [-0.05, 0) is 30.9 Å². The molecule has 0 aliphatic heterocycles. The SMILES string of the molecule is CC(CCCNC(=O)CCc1ccccc1N)C(=O)O. The van der Waals surface area contributed by atoms with E-state index in [2.05, 4.69) is 5.32 Å². The molecule has 1 rings (SSSR count). The van der Waals surface area contributed by atoms with E-state index in [0.717, 1.165) is 5.56 Å². The Kier molecular flexibility index (Phi) is 6.56. The summed E-state index contributed by atoms with van der Waals surface area (Å²) in [7, 11) is 0. The molecule has 1 aromatic rings. The first kappa shape index (κ1) is 16.0. The molecule has 4 N–H and O–H groups in total. The van der Waals surface area contributed by atoms with Gasteiger partial charge in [0, 0.05) is 18.7 Å². The molecule has 0 saturated heterocycles. The smallest absolute Gasteiger partial charge is 0.306 e. The van der Waals surface area contributed by atoms with Crippen LogP contribution in [0.4, 0.5) is 5.69 Å². The molecule has 0 spiro atoms. The van der Waals surface area contributed by atoms with Crippen molar-refractivity contribution in [1.82, 2.24) is 5.32 Å². The first-order chi connectivity index (χ1) is 9.50. The van der Waals surface area contributed by atoms with Gasteiger partial charge in [-0.2, -0.15) is 0 Å². The van der Waals surface area contributed by atoms with Crippen LogP contribution in [-0.2, 0) is 16.0 Å². The number of amides is 1. The van der Waals surface area contributed by atoms with Crippen LogP contribution in [-0.4, -0.2) is 23.5 Å². The second-order valence-corrected chi connectivity index (χ2v) is 4.93. The predicted octanol–water partition coefficient (Wildman–Crippen LogP) is 1.82. The minimum Gasteiger partial charge on any atom is -0.481 e. The molecular weight excluding hydrogens is 256 g/mol. The number of carboxylic acid groups (broad SMARTS) is 1. The number of hydrogen-bond donors (Lipinski definition) is 3. The maximum Gasteiger partial charge on any atom is 0.306 e. The second kappa shape index (κ2) is 8.19. The van der Waals surface area contributed by atoms with Crippen molar-refractivity contribution in [2.24, 2.45) is 5.92 Å². The molecule has 0 bridgehead atoms. The number of rotatable bonds is 8. The lowest BCUT2D eigenvalue weighted by Crippen LogP contribution is -2.25. The molecule has 1 unspecified atom stereocenters. The number of anilines is 1. The summed E-state index contributed by atoms with van der Waals surface area (Å²) in [4.78, 5) is 22.3. The Morgan fingerprint density at radius 3 is 2.70 bits per heavy atom. The number of para-hydroxylation sites is 1. The van der Waals surface area contributed by atoms with Crippen LogP contribution in [0, 0.1) is 5.92 Å². The molecule has 110 valence electrons. The third-order valence-corrected chi connectivity index (χ3v) is 3.23. The van der Waals surface area contributed by atoms with Gasteiger partial charge < -0.3 is 16.2 Å². The van der Waals surface area contributed by atoms with Crippen LogP contribution in [0.3, 0.4) is 0 Å². The number of carbonyl (C=O) groups excluding carboxylic acids is 1. The number of aryl methyl sites for hydroxylation is 1. The van der Waals surface area contributed by atoms with E-state index in [9.17, 15) is 9.59 Å². The van der Waals surface area contributed by atoms with Gasteiger partial charge in [0.05, 0.1) is 5.92 Å². The van der Waals surface area contributed by atoms with Gasteiger partial charge in [0.2, 0.25) is 5.91 Å². The lowest BCUT2D eigenvalue weighted by Gasteiger charge is -2.08. The highest BCUT2D eigenvalue weighted by Crippen LogP contribution is 2.12. The summed E-state index contributed by atoms with van der Waals surface area (Å²) in [5.74, 6) is -1.19. The number of nitrogen functional groups attached to an aromatic ring is 1. The molecule has 0 heterocycles. The molecule has 1 atom stereocenters. The second-order valence-electron chi connectivity index (χ2n) is 4.93. The summed E-state index contributed by atoms with van der Waals surface area (Å²) in [6.45, 7) is 2.18. The lowest BCUT2D eigenvalue weighted by molar-refractivity contribution is -0.141. The van der Waals surface area contributed by atoms with E-state index in [1.807, 2.05) is 24.3 Å². The number of carboxylic acids is 1. The third-order valence-electron chi connectivity index (χ3n) is 3.23. The molecule has 5 heteroatoms. The zero-order chi connectivity index (χ0) is 15.0. The fourth-order valence-corrected chi connectivity index (χ4v) is 1.86. The van der Waals surface area contributed by atoms with Crippen molar-refractivity contribution in [3.63, 3.8) is 0 Å². The van der Waals surface area contributed by atoms with Crippen molar-refractivity contribution in [2.45, 2.75) is 32.6 Å². The maximum atomic E-state index is 11.6. The van der Waals surface area contributed by atoms with E-state index in [1.165, 1.54) is 0 Å². The molecule has 1 aromatic carbocycles. The van der Waals surface area contributed by atoms with E-state index in [4.69, 9.17) is 10.8 Å². The highest BCUT2D eigenvalue weighted by atomic mass is 16.4. The van der Waals surface area contributed by atoms with Crippen molar-refractivity contribution in [2.75, 3.05) is 12.3 Å². The van der Waals surface area contributed by atoms with Crippen LogP contribution in [0.25, 0.3) is 0 Å². The molecule has 0 fully saturated rings. The molecule has 0 saturated carbocycles. The molecule has 20 heavy (non-hydrogen) atoms. The maximum absolute atomic E-state index is 11.6. The van der Waals surface area contributed by atoms with Gasteiger partial charge >= 0.3 is 5.97 Å². The van der Waals surface area contributed by atoms with Crippen molar-refractivity contribution >= 4 is 17.6 Å². The Morgan fingerprint density at radius 2 is 2.05 bits per heavy atom. The average Bonchev–Trinajstić information content (AvgIpc) is 2.42. The first-order valence-corrected chi connectivity index (χ1v) is 6.83. The highest BCUT2D eigenvalue weighted by molar-refractivity contribution is 5.76. The summed E-state index contributed by atoms with van der Waals surface area (Å²) >= 11 is 0. The van der Waals surface area contributed by atoms with Crippen LogP contribution in [0.2, 0.25) is 0 Å². The summed E-state index contributed by atoms with van der Waals surface area (Å²) in [5.41, 5.74) is 7.48. The number of benzene rings is 1. The fraction of sp³-hybridized carbons (Fsp3) is 0.467. The van der Waals surface area contributed by atoms with E-state index in [0.29, 0.717) is 37.9 Å². The van der Waals surface area contributed by atoms with E-state index in [1.54, 1.807) is 6.92 Å². The monoisotopic (exact) mass is 278 g/mol. The average molecular weight is 278 g/mol. The largest absolute Gasteiger partial charge is 0.481 e. The van der Waals surface area contributed by atoms with E-state index >= 15 is 0 Å². The van der Waals surface area contributed by atoms with Crippen molar-refractivity contribution in [3.05, 3.63) is 29.8 Å². The van der Waals surface area contributed by atoms with Gasteiger partial charge in [-0.3, -0.25) is 9.59 Å². The predicted molar refractivity (Wildman–Crippen MR) is 78.2 cm³/mol. The fourth-order valence-electron chi connectivity index (χ4n) is 1.86. The van der Waals surface area contributed by atoms with Crippen LogP contribution in [0.15, 0.2) is 24.3 Å². The normalized spacial score (nSPS) is 11.8. The summed E-state index contributed by atoms with van der Waals surface area (Å²) in [6.07, 6.45) is 2.25. The van der Waals surface area contributed by atoms with Gasteiger partial charge in [0.15, 0.2) is 0 Å². The van der Waals surface area contributed by atoms with Gasteiger partial charge in [-0.15, -0.1) is 0 Å². The standard InChI is InChI=1S/C15H22N2O3/c1-11(15(19)20)5-4-10-17-14(18)9-8-12-6-2-3-7-13(12)16/h2-3,6-7,11H,4-5,8-10,16H2,1H3,(H,17,18)(H,19,20). The van der Waals surface area contributed by atoms with Crippen LogP contribution < -0.4 is 11.1 Å². The Balaban J connectivity index is 2.18. The van der Waals surface area contributed by atoms with Gasteiger partial charge in [0.25, 0.3) is 0 Å². The Bertz CT molecular complexity index is 460. The van der Waals surface area contributed by atoms with Crippen molar-refractivity contribution in [3.8, 4) is 0 Å². The Labute approximate surface area is 119 Å². The number of nitrogens with two attached hydrogens (primary N) is 1. The topological polar surface area (TPSA) is 92.4 Å². The molecule has 0 aromatic heterocycles. The van der Waals surface area contributed by atoms with Crippen molar-refractivity contribution < 1.29 is 14.7 Å². The molecule has 5 nitrogen and oxygen atoms in total. The van der Waals surface area contributed by atoms with E-state index in [-0.39, 0.29) is 11.8 Å². The van der Waals surface area contributed by atoms with Crippen LogP contribution in [0.1, 0.15) is 31.7 Å². The number of carbonyl (C=O) groups is 2. The van der Waals surface area contributed by atoms with Crippen molar-refractivity contribution in [1.29, 1.82) is 0 Å². The summed E-state index contributed by atoms with van der Waals surface area (Å²) in [5, 5.41) is 11.5.